The van der Waals surface area contributed by atoms with Crippen LogP contribution in [0.25, 0.3) is 0 Å². The molecule has 19 heavy (non-hydrogen) atoms. The van der Waals surface area contributed by atoms with Gasteiger partial charge >= 0.3 is 12.1 Å². The Bertz CT molecular complexity index is 448. The molecular formula is C11H12F3NO4. The fourth-order valence-corrected chi connectivity index (χ4v) is 1.23. The highest BCUT2D eigenvalue weighted by molar-refractivity contribution is 5.93. The smallest absolute Gasteiger partial charge is 0.411 e. The summed E-state index contributed by atoms with van der Waals surface area (Å²) in [6.07, 6.45) is -4.37. The molecule has 0 aliphatic rings. The van der Waals surface area contributed by atoms with Crippen LogP contribution in [0, 0.1) is 0 Å². The van der Waals surface area contributed by atoms with Gasteiger partial charge in [0.15, 0.2) is 0 Å². The van der Waals surface area contributed by atoms with Crippen LogP contribution in [0.1, 0.15) is 10.4 Å². The lowest BCUT2D eigenvalue weighted by Gasteiger charge is -2.10. The summed E-state index contributed by atoms with van der Waals surface area (Å²) in [6.45, 7) is -1.67. The summed E-state index contributed by atoms with van der Waals surface area (Å²) in [6, 6.07) is 3.90. The topological polar surface area (TPSA) is 81.8 Å². The average molecular weight is 279 g/mol. The fourth-order valence-electron chi connectivity index (χ4n) is 1.23. The van der Waals surface area contributed by atoms with Gasteiger partial charge in [0.1, 0.15) is 19.0 Å². The molecule has 0 saturated heterocycles. The van der Waals surface area contributed by atoms with Gasteiger partial charge in [0, 0.05) is 11.8 Å². The Morgan fingerprint density at radius 1 is 1.32 bits per heavy atom. The molecule has 1 aromatic carbocycles. The molecule has 0 saturated carbocycles. The van der Waals surface area contributed by atoms with Crippen LogP contribution in [-0.2, 0) is 4.74 Å². The lowest BCUT2D eigenvalue weighted by molar-refractivity contribution is -0.175. The number of carboxylic acid groups (broad SMARTS) is 1. The maximum atomic E-state index is 11.7. The van der Waals surface area contributed by atoms with Gasteiger partial charge in [-0.15, -0.1) is 0 Å². The number of anilines is 1. The molecule has 0 aliphatic carbocycles. The molecule has 0 radical (unpaired) electrons. The number of hydrogen-bond acceptors (Lipinski definition) is 4. The Labute approximate surface area is 106 Å². The quantitative estimate of drug-likeness (QED) is 0.614. The third-order valence-electron chi connectivity index (χ3n) is 2.02. The minimum absolute atomic E-state index is 0.0150. The first kappa shape index (κ1) is 15.1. The molecule has 0 aromatic heterocycles. The van der Waals surface area contributed by atoms with Crippen LogP contribution >= 0.6 is 0 Å². The number of rotatable bonds is 6. The molecule has 0 heterocycles. The van der Waals surface area contributed by atoms with Crippen molar-refractivity contribution in [1.29, 1.82) is 0 Å². The number of benzene rings is 1. The summed E-state index contributed by atoms with van der Waals surface area (Å²) in [5, 5.41) is 8.73. The molecule has 0 fully saturated rings. The van der Waals surface area contributed by atoms with Crippen molar-refractivity contribution >= 4 is 11.7 Å². The van der Waals surface area contributed by atoms with Gasteiger partial charge in [0.25, 0.3) is 0 Å². The van der Waals surface area contributed by atoms with Gasteiger partial charge < -0.3 is 20.3 Å². The van der Waals surface area contributed by atoms with Gasteiger partial charge in [0.2, 0.25) is 0 Å². The van der Waals surface area contributed by atoms with Crippen molar-refractivity contribution in [3.05, 3.63) is 23.8 Å². The van der Waals surface area contributed by atoms with E-state index < -0.39 is 18.8 Å². The van der Waals surface area contributed by atoms with E-state index in [4.69, 9.17) is 15.6 Å². The van der Waals surface area contributed by atoms with Crippen LogP contribution in [0.15, 0.2) is 18.2 Å². The van der Waals surface area contributed by atoms with Crippen molar-refractivity contribution in [2.24, 2.45) is 0 Å². The number of ether oxygens (including phenoxy) is 2. The average Bonchev–Trinajstić information content (AvgIpc) is 2.26. The van der Waals surface area contributed by atoms with Gasteiger partial charge in [-0.05, 0) is 12.1 Å². The maximum Gasteiger partial charge on any atom is 0.411 e. The molecule has 5 nitrogen and oxygen atoms in total. The molecule has 106 valence electrons. The van der Waals surface area contributed by atoms with Crippen LogP contribution in [0.4, 0.5) is 18.9 Å². The number of aromatic carboxylic acids is 1. The minimum atomic E-state index is -4.37. The molecule has 3 N–H and O–H groups in total. The summed E-state index contributed by atoms with van der Waals surface area (Å²) in [5.74, 6) is -0.907. The van der Waals surface area contributed by atoms with Crippen LogP contribution in [0.5, 0.6) is 5.75 Å². The van der Waals surface area contributed by atoms with E-state index in [9.17, 15) is 18.0 Å². The van der Waals surface area contributed by atoms with Crippen LogP contribution in [0.3, 0.4) is 0 Å². The van der Waals surface area contributed by atoms with E-state index in [1.54, 1.807) is 0 Å². The first-order chi connectivity index (χ1) is 8.79. The third kappa shape index (κ3) is 5.47. The van der Waals surface area contributed by atoms with Gasteiger partial charge in [-0.3, -0.25) is 0 Å². The highest BCUT2D eigenvalue weighted by Crippen LogP contribution is 2.20. The summed E-state index contributed by atoms with van der Waals surface area (Å²) >= 11 is 0. The van der Waals surface area contributed by atoms with Crippen molar-refractivity contribution < 1.29 is 32.5 Å². The van der Waals surface area contributed by atoms with E-state index in [0.717, 1.165) is 0 Å². The number of nitrogens with two attached hydrogens (primary N) is 1. The second-order valence-electron chi connectivity index (χ2n) is 3.57. The van der Waals surface area contributed by atoms with Crippen LogP contribution < -0.4 is 10.5 Å². The predicted octanol–water partition coefficient (Wildman–Crippen LogP) is 1.92. The van der Waals surface area contributed by atoms with E-state index in [1.165, 1.54) is 18.2 Å². The van der Waals surface area contributed by atoms with Crippen molar-refractivity contribution in [3.8, 4) is 5.75 Å². The van der Waals surface area contributed by atoms with E-state index in [1.807, 2.05) is 0 Å². The third-order valence-corrected chi connectivity index (χ3v) is 2.02. The molecule has 1 aromatic rings. The summed E-state index contributed by atoms with van der Waals surface area (Å²) < 4.78 is 44.6. The van der Waals surface area contributed by atoms with Crippen LogP contribution in [0.2, 0.25) is 0 Å². The Balaban J connectivity index is 2.38. The summed E-state index contributed by atoms with van der Waals surface area (Å²) in [7, 11) is 0. The molecule has 0 unspecified atom stereocenters. The first-order valence-corrected chi connectivity index (χ1v) is 5.20. The standard InChI is InChI=1S/C11H12F3NO4/c12-11(13,14)6-18-3-4-19-7-1-2-8(10(16)17)9(15)5-7/h1-2,5H,3-4,6,15H2,(H,16,17). The molecule has 0 bridgehead atoms. The van der Waals surface area contributed by atoms with Gasteiger partial charge in [-0.1, -0.05) is 0 Å². The van der Waals surface area contributed by atoms with E-state index in [0.29, 0.717) is 0 Å². The number of alkyl halides is 3. The minimum Gasteiger partial charge on any atom is -0.491 e. The molecule has 0 amide bonds. The Morgan fingerprint density at radius 2 is 2.00 bits per heavy atom. The van der Waals surface area contributed by atoms with E-state index in [2.05, 4.69) is 4.74 Å². The zero-order valence-corrected chi connectivity index (χ0v) is 9.74. The summed E-state index contributed by atoms with van der Waals surface area (Å²) in [4.78, 5) is 10.7. The summed E-state index contributed by atoms with van der Waals surface area (Å²) in [5.41, 5.74) is 5.42. The predicted molar refractivity (Wildman–Crippen MR) is 60.2 cm³/mol. The zero-order chi connectivity index (χ0) is 14.5. The molecular weight excluding hydrogens is 267 g/mol. The number of carbonyl (C=O) groups is 1. The number of carboxylic acids is 1. The number of hydrogen-bond donors (Lipinski definition) is 2. The largest absolute Gasteiger partial charge is 0.491 e. The monoisotopic (exact) mass is 279 g/mol. The fraction of sp³-hybridized carbons (Fsp3) is 0.364. The zero-order valence-electron chi connectivity index (χ0n) is 9.74. The van der Waals surface area contributed by atoms with Gasteiger partial charge in [0.05, 0.1) is 12.2 Å². The molecule has 0 aliphatic heterocycles. The molecule has 8 heteroatoms. The lowest BCUT2D eigenvalue weighted by Crippen LogP contribution is -2.19. The highest BCUT2D eigenvalue weighted by atomic mass is 19.4. The Morgan fingerprint density at radius 3 is 2.53 bits per heavy atom. The molecule has 1 rings (SSSR count). The van der Waals surface area contributed by atoms with Gasteiger partial charge in [-0.2, -0.15) is 13.2 Å². The Hall–Kier alpha value is -1.96. The van der Waals surface area contributed by atoms with Crippen molar-refractivity contribution in [1.82, 2.24) is 0 Å². The SMILES string of the molecule is Nc1cc(OCCOCC(F)(F)F)ccc1C(=O)O. The molecule has 0 atom stereocenters. The lowest BCUT2D eigenvalue weighted by atomic mass is 10.2. The normalized spacial score (nSPS) is 11.3. The number of nitrogen functional groups attached to an aromatic ring is 1. The van der Waals surface area contributed by atoms with Gasteiger partial charge in [-0.25, -0.2) is 4.79 Å². The van der Waals surface area contributed by atoms with Crippen molar-refractivity contribution in [3.63, 3.8) is 0 Å². The second-order valence-corrected chi connectivity index (χ2v) is 3.57. The number of halogens is 3. The van der Waals surface area contributed by atoms with Crippen LogP contribution in [-0.4, -0.2) is 37.1 Å². The van der Waals surface area contributed by atoms with E-state index >= 15 is 0 Å². The van der Waals surface area contributed by atoms with Crippen molar-refractivity contribution in [2.45, 2.75) is 6.18 Å². The van der Waals surface area contributed by atoms with Crippen molar-refractivity contribution in [2.75, 3.05) is 25.6 Å². The first-order valence-electron chi connectivity index (χ1n) is 5.20. The Kier molecular flexibility index (Phi) is 4.99. The highest BCUT2D eigenvalue weighted by Gasteiger charge is 2.27. The van der Waals surface area contributed by atoms with E-state index in [-0.39, 0.29) is 30.2 Å². The molecule has 0 spiro atoms. The second kappa shape index (κ2) is 6.28. The maximum absolute atomic E-state index is 11.7.